The second-order valence-electron chi connectivity index (χ2n) is 5.29. The Morgan fingerprint density at radius 2 is 1.88 bits per heavy atom. The Hall–Kier alpha value is -2.18. The smallest absolute Gasteiger partial charge is 0.170 e. The molecule has 0 aliphatic carbocycles. The van der Waals surface area contributed by atoms with Gasteiger partial charge in [0.15, 0.2) is 5.11 Å². The number of rotatable bonds is 4. The molecule has 3 nitrogen and oxygen atoms in total. The molecule has 7 heteroatoms. The van der Waals surface area contributed by atoms with Crippen LogP contribution in [0.15, 0.2) is 42.6 Å². The van der Waals surface area contributed by atoms with Gasteiger partial charge in [-0.25, -0.2) is 8.78 Å². The Kier molecular flexibility index (Phi) is 4.97. The van der Waals surface area contributed by atoms with E-state index in [0.717, 1.165) is 29.0 Å². The molecule has 1 heterocycles. The van der Waals surface area contributed by atoms with E-state index in [-0.39, 0.29) is 5.69 Å². The summed E-state index contributed by atoms with van der Waals surface area (Å²) in [7, 11) is 0. The van der Waals surface area contributed by atoms with Crippen molar-refractivity contribution in [2.45, 2.75) is 6.42 Å². The van der Waals surface area contributed by atoms with E-state index in [1.165, 1.54) is 12.1 Å². The number of hydrogen-bond acceptors (Lipinski definition) is 1. The Morgan fingerprint density at radius 1 is 1.12 bits per heavy atom. The molecule has 0 spiro atoms. The van der Waals surface area contributed by atoms with Crippen molar-refractivity contribution in [1.29, 1.82) is 0 Å². The third-order valence-electron chi connectivity index (χ3n) is 3.53. The number of nitrogens with one attached hydrogen (secondary N) is 3. The zero-order valence-corrected chi connectivity index (χ0v) is 14.1. The Balaban J connectivity index is 1.57. The minimum Gasteiger partial charge on any atom is -0.362 e. The van der Waals surface area contributed by atoms with E-state index >= 15 is 0 Å². The number of aromatic amines is 1. The number of hydrogen-bond donors (Lipinski definition) is 3. The molecule has 24 heavy (non-hydrogen) atoms. The molecule has 0 radical (unpaired) electrons. The van der Waals surface area contributed by atoms with Gasteiger partial charge in [0, 0.05) is 40.4 Å². The first-order valence-electron chi connectivity index (χ1n) is 7.28. The average Bonchev–Trinajstić information content (AvgIpc) is 2.88. The van der Waals surface area contributed by atoms with Gasteiger partial charge in [-0.15, -0.1) is 0 Å². The van der Waals surface area contributed by atoms with Crippen molar-refractivity contribution >= 4 is 45.5 Å². The lowest BCUT2D eigenvalue weighted by Crippen LogP contribution is -2.30. The van der Waals surface area contributed by atoms with Crippen LogP contribution in [0, 0.1) is 11.6 Å². The Labute approximate surface area is 148 Å². The van der Waals surface area contributed by atoms with Crippen LogP contribution in [-0.2, 0) is 6.42 Å². The van der Waals surface area contributed by atoms with E-state index in [9.17, 15) is 8.78 Å². The fraction of sp³-hybridized carbons (Fsp3) is 0.118. The van der Waals surface area contributed by atoms with E-state index in [1.54, 1.807) is 0 Å². The number of halogens is 3. The van der Waals surface area contributed by atoms with Crippen LogP contribution in [0.2, 0.25) is 5.02 Å². The van der Waals surface area contributed by atoms with Crippen molar-refractivity contribution in [3.05, 3.63) is 64.8 Å². The van der Waals surface area contributed by atoms with Gasteiger partial charge in [0.1, 0.15) is 11.6 Å². The second kappa shape index (κ2) is 7.15. The molecule has 3 aromatic rings. The SMILES string of the molecule is Fc1cc(F)cc(NC(=S)NCCc2c[nH]c3ccc(Cl)cc23)c1. The van der Waals surface area contributed by atoms with Crippen LogP contribution >= 0.6 is 23.8 Å². The Morgan fingerprint density at radius 3 is 2.62 bits per heavy atom. The fourth-order valence-corrected chi connectivity index (χ4v) is 2.86. The van der Waals surface area contributed by atoms with Crippen molar-refractivity contribution in [2.24, 2.45) is 0 Å². The third-order valence-corrected chi connectivity index (χ3v) is 4.01. The zero-order valence-electron chi connectivity index (χ0n) is 12.5. The number of H-pyrrole nitrogens is 1. The summed E-state index contributed by atoms with van der Waals surface area (Å²) < 4.78 is 26.3. The quantitative estimate of drug-likeness (QED) is 0.590. The molecule has 124 valence electrons. The van der Waals surface area contributed by atoms with E-state index in [2.05, 4.69) is 15.6 Å². The number of anilines is 1. The van der Waals surface area contributed by atoms with Gasteiger partial charge in [-0.1, -0.05) is 11.6 Å². The van der Waals surface area contributed by atoms with E-state index < -0.39 is 11.6 Å². The predicted molar refractivity (Wildman–Crippen MR) is 97.6 cm³/mol. The summed E-state index contributed by atoms with van der Waals surface area (Å²) in [5, 5.41) is 7.83. The first kappa shape index (κ1) is 16.7. The van der Waals surface area contributed by atoms with Gasteiger partial charge in [-0.3, -0.25) is 0 Å². The van der Waals surface area contributed by atoms with Gasteiger partial charge in [0.2, 0.25) is 0 Å². The predicted octanol–water partition coefficient (Wildman–Crippen LogP) is 4.63. The standard InChI is InChI=1S/C17H14ClF2N3S/c18-11-1-2-16-15(5-11)10(9-22-16)3-4-21-17(24)23-14-7-12(19)6-13(20)8-14/h1-2,5-9,22H,3-4H2,(H2,21,23,24). The normalized spacial score (nSPS) is 10.8. The number of thiocarbonyl (C=S) groups is 1. The molecular weight excluding hydrogens is 352 g/mol. The molecule has 0 fully saturated rings. The molecule has 3 rings (SSSR count). The molecule has 0 aliphatic heterocycles. The lowest BCUT2D eigenvalue weighted by Gasteiger charge is -2.10. The summed E-state index contributed by atoms with van der Waals surface area (Å²) >= 11 is 11.2. The van der Waals surface area contributed by atoms with Crippen molar-refractivity contribution in [2.75, 3.05) is 11.9 Å². The van der Waals surface area contributed by atoms with Gasteiger partial charge in [-0.2, -0.15) is 0 Å². The molecule has 0 saturated carbocycles. The molecule has 1 aromatic heterocycles. The highest BCUT2D eigenvalue weighted by Crippen LogP contribution is 2.22. The van der Waals surface area contributed by atoms with Gasteiger partial charge >= 0.3 is 0 Å². The summed E-state index contributed by atoms with van der Waals surface area (Å²) in [6, 6.07) is 8.84. The van der Waals surface area contributed by atoms with Crippen LogP contribution in [-0.4, -0.2) is 16.6 Å². The van der Waals surface area contributed by atoms with Crippen LogP contribution in [0.1, 0.15) is 5.56 Å². The largest absolute Gasteiger partial charge is 0.362 e. The molecule has 0 amide bonds. The Bertz CT molecular complexity index is 874. The molecule has 0 aliphatic rings. The molecule has 0 bridgehead atoms. The number of fused-ring (bicyclic) bond motifs is 1. The van der Waals surface area contributed by atoms with Crippen molar-refractivity contribution in [1.82, 2.24) is 10.3 Å². The van der Waals surface area contributed by atoms with Crippen LogP contribution in [0.5, 0.6) is 0 Å². The van der Waals surface area contributed by atoms with Gasteiger partial charge in [0.25, 0.3) is 0 Å². The van der Waals surface area contributed by atoms with Gasteiger partial charge in [-0.05, 0) is 54.5 Å². The zero-order chi connectivity index (χ0) is 17.1. The van der Waals surface area contributed by atoms with Crippen molar-refractivity contribution in [3.8, 4) is 0 Å². The van der Waals surface area contributed by atoms with E-state index in [0.29, 0.717) is 16.7 Å². The molecule has 0 saturated heterocycles. The lowest BCUT2D eigenvalue weighted by atomic mass is 10.1. The number of aromatic nitrogens is 1. The maximum absolute atomic E-state index is 13.1. The summed E-state index contributed by atoms with van der Waals surface area (Å²) in [6.45, 7) is 0.573. The topological polar surface area (TPSA) is 39.8 Å². The minimum atomic E-state index is -0.657. The van der Waals surface area contributed by atoms with Crippen molar-refractivity contribution < 1.29 is 8.78 Å². The highest BCUT2D eigenvalue weighted by molar-refractivity contribution is 7.80. The average molecular weight is 366 g/mol. The summed E-state index contributed by atoms with van der Waals surface area (Å²) in [5.41, 5.74) is 2.40. The molecule has 0 unspecified atom stereocenters. The molecule has 0 atom stereocenters. The third kappa shape index (κ3) is 4.01. The monoisotopic (exact) mass is 365 g/mol. The van der Waals surface area contributed by atoms with Gasteiger partial charge in [0.05, 0.1) is 0 Å². The summed E-state index contributed by atoms with van der Waals surface area (Å²) in [4.78, 5) is 3.19. The fourth-order valence-electron chi connectivity index (χ4n) is 2.47. The highest BCUT2D eigenvalue weighted by atomic mass is 35.5. The summed E-state index contributed by atoms with van der Waals surface area (Å²) in [5.74, 6) is -1.31. The summed E-state index contributed by atoms with van der Waals surface area (Å²) in [6.07, 6.45) is 2.65. The molecular formula is C17H14ClF2N3S. The first-order chi connectivity index (χ1) is 11.5. The van der Waals surface area contributed by atoms with E-state index in [4.69, 9.17) is 23.8 Å². The van der Waals surface area contributed by atoms with Gasteiger partial charge < -0.3 is 15.6 Å². The highest BCUT2D eigenvalue weighted by Gasteiger charge is 2.06. The van der Waals surface area contributed by atoms with Crippen LogP contribution in [0.25, 0.3) is 10.9 Å². The minimum absolute atomic E-state index is 0.267. The van der Waals surface area contributed by atoms with Crippen LogP contribution in [0.3, 0.4) is 0 Å². The second-order valence-corrected chi connectivity index (χ2v) is 6.14. The van der Waals surface area contributed by atoms with Crippen LogP contribution < -0.4 is 10.6 Å². The lowest BCUT2D eigenvalue weighted by molar-refractivity contribution is 0.584. The van der Waals surface area contributed by atoms with E-state index in [1.807, 2.05) is 24.4 Å². The van der Waals surface area contributed by atoms with Crippen LogP contribution in [0.4, 0.5) is 14.5 Å². The first-order valence-corrected chi connectivity index (χ1v) is 8.06. The van der Waals surface area contributed by atoms with Crippen molar-refractivity contribution in [3.63, 3.8) is 0 Å². The maximum atomic E-state index is 13.1. The number of benzene rings is 2. The maximum Gasteiger partial charge on any atom is 0.170 e. The molecule has 3 N–H and O–H groups in total. The molecule has 2 aromatic carbocycles.